The Morgan fingerprint density at radius 2 is 2.15 bits per heavy atom. The fourth-order valence-corrected chi connectivity index (χ4v) is 1.88. The number of anilines is 2. The van der Waals surface area contributed by atoms with Crippen LogP contribution in [0.2, 0.25) is 5.15 Å². The van der Waals surface area contributed by atoms with Crippen LogP contribution in [0.25, 0.3) is 0 Å². The summed E-state index contributed by atoms with van der Waals surface area (Å²) in [6.45, 7) is 1.70. The van der Waals surface area contributed by atoms with E-state index in [9.17, 15) is 9.90 Å². The van der Waals surface area contributed by atoms with Crippen molar-refractivity contribution in [2.45, 2.75) is 6.92 Å². The Bertz CT molecular complexity index is 641. The number of esters is 1. The lowest BCUT2D eigenvalue weighted by Gasteiger charge is -2.10. The molecule has 6 nitrogen and oxygen atoms in total. The van der Waals surface area contributed by atoms with Gasteiger partial charge in [-0.25, -0.2) is 14.8 Å². The number of halogens is 1. The molecular weight excluding hydrogens is 282 g/mol. The van der Waals surface area contributed by atoms with Gasteiger partial charge in [0.25, 0.3) is 0 Å². The molecule has 0 radical (unpaired) electrons. The standard InChI is InChI=1S/C13H12ClN3O3/c1-7-15-10(14)6-11(16-7)17-9-5-3-4-8(12(9)18)13(19)20-2/h3-6,18H,1-2H3,(H,15,16,17). The number of nitrogens with zero attached hydrogens (tertiary/aromatic N) is 2. The fraction of sp³-hybridized carbons (Fsp3) is 0.154. The Morgan fingerprint density at radius 1 is 1.40 bits per heavy atom. The molecule has 0 fully saturated rings. The van der Waals surface area contributed by atoms with Gasteiger partial charge in [0.1, 0.15) is 22.4 Å². The van der Waals surface area contributed by atoms with Crippen molar-refractivity contribution < 1.29 is 14.6 Å². The summed E-state index contributed by atoms with van der Waals surface area (Å²) in [5.41, 5.74) is 0.386. The van der Waals surface area contributed by atoms with Crippen LogP contribution in [-0.2, 0) is 4.74 Å². The number of rotatable bonds is 3. The molecule has 0 bridgehead atoms. The molecule has 1 heterocycles. The monoisotopic (exact) mass is 293 g/mol. The molecule has 2 N–H and O–H groups in total. The van der Waals surface area contributed by atoms with Gasteiger partial charge in [0.05, 0.1) is 12.8 Å². The van der Waals surface area contributed by atoms with Crippen LogP contribution in [0.5, 0.6) is 5.75 Å². The van der Waals surface area contributed by atoms with E-state index < -0.39 is 5.97 Å². The maximum absolute atomic E-state index is 11.5. The average molecular weight is 294 g/mol. The third-order valence-corrected chi connectivity index (χ3v) is 2.70. The maximum Gasteiger partial charge on any atom is 0.341 e. The smallest absolute Gasteiger partial charge is 0.341 e. The number of phenols is 1. The number of methoxy groups -OCH3 is 1. The summed E-state index contributed by atoms with van der Waals surface area (Å²) in [6.07, 6.45) is 0. The summed E-state index contributed by atoms with van der Waals surface area (Å²) in [4.78, 5) is 19.6. The van der Waals surface area contributed by atoms with Crippen LogP contribution < -0.4 is 5.32 Å². The van der Waals surface area contributed by atoms with E-state index in [1.54, 1.807) is 19.1 Å². The summed E-state index contributed by atoms with van der Waals surface area (Å²) in [5.74, 6) is 0.0678. The van der Waals surface area contributed by atoms with E-state index >= 15 is 0 Å². The third kappa shape index (κ3) is 2.97. The zero-order valence-electron chi connectivity index (χ0n) is 10.8. The van der Waals surface area contributed by atoms with E-state index in [-0.39, 0.29) is 16.5 Å². The predicted octanol–water partition coefficient (Wildman–Crippen LogP) is 2.67. The van der Waals surface area contributed by atoms with Crippen LogP contribution in [0, 0.1) is 6.92 Å². The summed E-state index contributed by atoms with van der Waals surface area (Å²) < 4.78 is 4.59. The maximum atomic E-state index is 11.5. The van der Waals surface area contributed by atoms with Gasteiger partial charge in [-0.3, -0.25) is 0 Å². The molecule has 0 atom stereocenters. The van der Waals surface area contributed by atoms with Gasteiger partial charge in [0, 0.05) is 6.07 Å². The lowest BCUT2D eigenvalue weighted by atomic mass is 10.1. The number of aromatic nitrogens is 2. The molecule has 7 heteroatoms. The topological polar surface area (TPSA) is 84.3 Å². The van der Waals surface area contributed by atoms with Crippen LogP contribution in [0.1, 0.15) is 16.2 Å². The van der Waals surface area contributed by atoms with Crippen LogP contribution in [0.4, 0.5) is 11.5 Å². The second kappa shape index (κ2) is 5.75. The Morgan fingerprint density at radius 3 is 2.80 bits per heavy atom. The zero-order chi connectivity index (χ0) is 14.7. The van der Waals surface area contributed by atoms with Crippen molar-refractivity contribution in [3.63, 3.8) is 0 Å². The molecule has 0 spiro atoms. The van der Waals surface area contributed by atoms with Gasteiger partial charge in [-0.2, -0.15) is 0 Å². The quantitative estimate of drug-likeness (QED) is 0.514. The van der Waals surface area contributed by atoms with Gasteiger partial charge in [0.15, 0.2) is 5.75 Å². The van der Waals surface area contributed by atoms with E-state index in [2.05, 4.69) is 20.0 Å². The summed E-state index contributed by atoms with van der Waals surface area (Å²) in [5, 5.41) is 13.2. The largest absolute Gasteiger partial charge is 0.505 e. The molecule has 0 saturated carbocycles. The Balaban J connectivity index is 2.36. The number of carbonyl (C=O) groups is 1. The summed E-state index contributed by atoms with van der Waals surface area (Å²) in [7, 11) is 1.25. The normalized spacial score (nSPS) is 10.2. The number of aromatic hydroxyl groups is 1. The number of hydrogen-bond acceptors (Lipinski definition) is 6. The van der Waals surface area contributed by atoms with Crippen LogP contribution in [0.15, 0.2) is 24.3 Å². The van der Waals surface area contributed by atoms with Crippen molar-refractivity contribution >= 4 is 29.1 Å². The Labute approximate surface area is 120 Å². The molecule has 0 saturated heterocycles. The molecule has 2 aromatic rings. The number of phenolic OH excluding ortho intramolecular Hbond substituents is 1. The number of benzene rings is 1. The highest BCUT2D eigenvalue weighted by Gasteiger charge is 2.15. The van der Waals surface area contributed by atoms with Gasteiger partial charge in [-0.1, -0.05) is 17.7 Å². The molecule has 1 aromatic carbocycles. The zero-order valence-corrected chi connectivity index (χ0v) is 11.6. The first-order chi connectivity index (χ1) is 9.51. The second-order valence-corrected chi connectivity index (χ2v) is 4.33. The van der Waals surface area contributed by atoms with Gasteiger partial charge in [-0.15, -0.1) is 0 Å². The minimum atomic E-state index is -0.622. The second-order valence-electron chi connectivity index (χ2n) is 3.94. The molecule has 0 aliphatic carbocycles. The van der Waals surface area contributed by atoms with Crippen molar-refractivity contribution in [1.82, 2.24) is 9.97 Å². The Kier molecular flexibility index (Phi) is 4.05. The fourth-order valence-electron chi connectivity index (χ4n) is 1.65. The molecule has 0 amide bonds. The lowest BCUT2D eigenvalue weighted by Crippen LogP contribution is -2.03. The highest BCUT2D eigenvalue weighted by Crippen LogP contribution is 2.30. The number of para-hydroxylation sites is 1. The molecule has 1 aromatic heterocycles. The van der Waals surface area contributed by atoms with Crippen molar-refractivity contribution in [2.24, 2.45) is 0 Å². The van der Waals surface area contributed by atoms with E-state index in [0.717, 1.165) is 0 Å². The first-order valence-corrected chi connectivity index (χ1v) is 6.07. The van der Waals surface area contributed by atoms with Gasteiger partial charge < -0.3 is 15.2 Å². The lowest BCUT2D eigenvalue weighted by molar-refractivity contribution is 0.0597. The van der Waals surface area contributed by atoms with Crippen LogP contribution >= 0.6 is 11.6 Å². The van der Waals surface area contributed by atoms with E-state index in [1.165, 1.54) is 19.2 Å². The highest BCUT2D eigenvalue weighted by molar-refractivity contribution is 6.29. The number of nitrogens with one attached hydrogen (secondary N) is 1. The van der Waals surface area contributed by atoms with Crippen molar-refractivity contribution in [3.8, 4) is 5.75 Å². The molecule has 0 unspecified atom stereocenters. The number of carbonyl (C=O) groups excluding carboxylic acids is 1. The van der Waals surface area contributed by atoms with Gasteiger partial charge >= 0.3 is 5.97 Å². The number of ether oxygens (including phenoxy) is 1. The molecule has 20 heavy (non-hydrogen) atoms. The van der Waals surface area contributed by atoms with E-state index in [1.807, 2.05) is 0 Å². The number of hydrogen-bond donors (Lipinski definition) is 2. The van der Waals surface area contributed by atoms with Crippen molar-refractivity contribution in [3.05, 3.63) is 40.8 Å². The van der Waals surface area contributed by atoms with Crippen molar-refractivity contribution in [1.29, 1.82) is 0 Å². The van der Waals surface area contributed by atoms with Gasteiger partial charge in [0.2, 0.25) is 0 Å². The summed E-state index contributed by atoms with van der Waals surface area (Å²) >= 11 is 5.83. The third-order valence-electron chi connectivity index (χ3n) is 2.51. The van der Waals surface area contributed by atoms with Crippen molar-refractivity contribution in [2.75, 3.05) is 12.4 Å². The van der Waals surface area contributed by atoms with Crippen LogP contribution in [0.3, 0.4) is 0 Å². The predicted molar refractivity (Wildman–Crippen MR) is 74.5 cm³/mol. The van der Waals surface area contributed by atoms with E-state index in [4.69, 9.17) is 11.6 Å². The highest BCUT2D eigenvalue weighted by atomic mass is 35.5. The first-order valence-electron chi connectivity index (χ1n) is 5.69. The average Bonchev–Trinajstić information content (AvgIpc) is 2.39. The SMILES string of the molecule is COC(=O)c1cccc(Nc2cc(Cl)nc(C)n2)c1O. The molecule has 0 aliphatic rings. The minimum absolute atomic E-state index is 0.0642. The van der Waals surface area contributed by atoms with Gasteiger partial charge in [-0.05, 0) is 19.1 Å². The van der Waals surface area contributed by atoms with E-state index in [0.29, 0.717) is 17.3 Å². The number of aryl methyl sites for hydroxylation is 1. The van der Waals surface area contributed by atoms with Crippen LogP contribution in [-0.4, -0.2) is 28.2 Å². The molecule has 0 aliphatic heterocycles. The Hall–Kier alpha value is -2.34. The molecular formula is C13H12ClN3O3. The molecule has 104 valence electrons. The minimum Gasteiger partial charge on any atom is -0.505 e. The first kappa shape index (κ1) is 14.1. The molecule has 2 rings (SSSR count). The summed E-state index contributed by atoms with van der Waals surface area (Å²) in [6, 6.07) is 6.19.